The topological polar surface area (TPSA) is 82.9 Å². The average molecular weight is 639 g/mol. The molecule has 3 aromatic rings. The summed E-state index contributed by atoms with van der Waals surface area (Å²) in [5.74, 6) is 1.92. The van der Waals surface area contributed by atoms with Crippen LogP contribution in [0.1, 0.15) is 58.2 Å². The predicted molar refractivity (Wildman–Crippen MR) is 167 cm³/mol. The maximum Gasteiger partial charge on any atom is 0.416 e. The lowest BCUT2D eigenvalue weighted by molar-refractivity contribution is -0.138. The lowest BCUT2D eigenvalue weighted by Crippen LogP contribution is -2.49. The van der Waals surface area contributed by atoms with Crippen LogP contribution < -0.4 is 9.80 Å². The number of pyridine rings is 1. The van der Waals surface area contributed by atoms with Crippen LogP contribution in [0.3, 0.4) is 0 Å². The summed E-state index contributed by atoms with van der Waals surface area (Å²) >= 11 is 0. The van der Waals surface area contributed by atoms with Gasteiger partial charge in [-0.15, -0.1) is 10.2 Å². The quantitative estimate of drug-likeness (QED) is 0.386. The molecule has 4 aliphatic heterocycles. The Balaban J connectivity index is 1.27. The Morgan fingerprint density at radius 2 is 1.78 bits per heavy atom. The number of carbonyl (C=O) groups excluding carboxylic acids is 1. The Bertz CT molecular complexity index is 1610. The molecule has 0 N–H and O–H groups in total. The molecule has 10 nitrogen and oxygen atoms in total. The Labute approximate surface area is 267 Å². The Morgan fingerprint density at radius 3 is 2.43 bits per heavy atom. The average Bonchev–Trinajstić information content (AvgIpc) is 3.56. The summed E-state index contributed by atoms with van der Waals surface area (Å²) in [5.41, 5.74) is 0.421. The first-order valence-corrected chi connectivity index (χ1v) is 16.1. The summed E-state index contributed by atoms with van der Waals surface area (Å²) in [6.07, 6.45) is -0.216. The third kappa shape index (κ3) is 5.88. The van der Waals surface area contributed by atoms with Gasteiger partial charge in [0, 0.05) is 63.7 Å². The molecule has 6 heterocycles. The SMILES string of the molecule is C[C@H]1CCCN(Cc2cc3c(c(C(F)(F)F)c2)CN(c2cc(C4(Cc5nncn5C)COC4)cc(N4CCN(C)CC4)n2)C3=O)C1. The number of hydrogen-bond acceptors (Lipinski definition) is 8. The number of benzene rings is 1. The van der Waals surface area contributed by atoms with E-state index in [1.807, 2.05) is 17.7 Å². The second-order valence-corrected chi connectivity index (χ2v) is 13.7. The van der Waals surface area contributed by atoms with Crippen LogP contribution in [0.15, 0.2) is 30.6 Å². The van der Waals surface area contributed by atoms with Crippen molar-refractivity contribution in [2.45, 2.75) is 50.9 Å². The normalized spacial score (nSPS) is 22.3. The molecule has 1 amide bonds. The molecule has 46 heavy (non-hydrogen) atoms. The molecular formula is C33H41F3N8O2. The first-order chi connectivity index (χ1) is 22.0. The Hall–Kier alpha value is -3.55. The maximum absolute atomic E-state index is 14.5. The largest absolute Gasteiger partial charge is 0.416 e. The number of aryl methyl sites for hydroxylation is 1. The van der Waals surface area contributed by atoms with Crippen molar-refractivity contribution in [1.82, 2.24) is 29.5 Å². The fraction of sp³-hybridized carbons (Fsp3) is 0.576. The molecule has 0 spiro atoms. The number of likely N-dealkylation sites (tertiary alicyclic amines) is 1. The van der Waals surface area contributed by atoms with Gasteiger partial charge in [0.25, 0.3) is 5.91 Å². The minimum Gasteiger partial charge on any atom is -0.379 e. The number of halogens is 3. The summed E-state index contributed by atoms with van der Waals surface area (Å²) in [5, 5.41) is 8.35. The number of amides is 1. The van der Waals surface area contributed by atoms with Crippen LogP contribution in [0, 0.1) is 5.92 Å². The van der Waals surface area contributed by atoms with Crippen molar-refractivity contribution in [3.8, 4) is 0 Å². The lowest BCUT2D eigenvalue weighted by atomic mass is 9.75. The monoisotopic (exact) mass is 638 g/mol. The van der Waals surface area contributed by atoms with Crippen molar-refractivity contribution in [1.29, 1.82) is 0 Å². The predicted octanol–water partition coefficient (Wildman–Crippen LogP) is 3.88. The van der Waals surface area contributed by atoms with Crippen LogP contribution in [0.5, 0.6) is 0 Å². The molecule has 4 aliphatic rings. The zero-order valence-corrected chi connectivity index (χ0v) is 26.7. The summed E-state index contributed by atoms with van der Waals surface area (Å²) in [6.45, 7) is 8.18. The number of piperidine rings is 1. The zero-order valence-electron chi connectivity index (χ0n) is 26.7. The minimum absolute atomic E-state index is 0.0161. The first-order valence-electron chi connectivity index (χ1n) is 16.1. The molecule has 7 rings (SSSR count). The van der Waals surface area contributed by atoms with E-state index in [4.69, 9.17) is 9.72 Å². The van der Waals surface area contributed by atoms with Crippen LogP contribution in [0.4, 0.5) is 24.8 Å². The van der Waals surface area contributed by atoms with Gasteiger partial charge in [0.05, 0.1) is 25.3 Å². The highest BCUT2D eigenvalue weighted by Crippen LogP contribution is 2.42. The third-order valence-electron chi connectivity index (χ3n) is 10.1. The number of nitrogens with zero attached hydrogens (tertiary/aromatic N) is 8. The van der Waals surface area contributed by atoms with E-state index in [1.165, 1.54) is 11.0 Å². The number of anilines is 2. The number of likely N-dealkylation sites (N-methyl/N-ethyl adjacent to an activating group) is 1. The molecule has 13 heteroatoms. The molecule has 0 radical (unpaired) electrons. The molecule has 1 atom stereocenters. The summed E-state index contributed by atoms with van der Waals surface area (Å²) < 4.78 is 51.3. The standard InChI is InChI=1S/C33H41F3N8O2/c1-22-5-4-6-42(16-22)17-23-11-25-26(27(12-23)33(34,35)36)18-44(31(25)45)29-14-24(13-28(38-29)43-9-7-40(2)8-10-43)32(19-46-20-32)15-30-39-37-21-41(30)3/h11-14,21-22H,4-10,15-20H2,1-3H3/t22-/m0/s1. The number of rotatable bonds is 7. The van der Waals surface area contributed by atoms with Crippen LogP contribution in [-0.2, 0) is 42.9 Å². The molecule has 246 valence electrons. The Morgan fingerprint density at radius 1 is 1.02 bits per heavy atom. The summed E-state index contributed by atoms with van der Waals surface area (Å²) in [6, 6.07) is 6.84. The van der Waals surface area contributed by atoms with E-state index in [-0.39, 0.29) is 17.7 Å². The highest BCUT2D eigenvalue weighted by atomic mass is 19.4. The number of hydrogen-bond donors (Lipinski definition) is 0. The van der Waals surface area contributed by atoms with Crippen molar-refractivity contribution in [2.75, 3.05) is 69.3 Å². The molecular weight excluding hydrogens is 597 g/mol. The van der Waals surface area contributed by atoms with Gasteiger partial charge in [0.15, 0.2) is 0 Å². The van der Waals surface area contributed by atoms with Gasteiger partial charge >= 0.3 is 6.18 Å². The fourth-order valence-electron chi connectivity index (χ4n) is 7.32. The number of alkyl halides is 3. The van der Waals surface area contributed by atoms with Crippen molar-refractivity contribution >= 4 is 17.5 Å². The summed E-state index contributed by atoms with van der Waals surface area (Å²) in [4.78, 5) is 27.1. The van der Waals surface area contributed by atoms with Gasteiger partial charge in [-0.1, -0.05) is 6.92 Å². The second kappa shape index (κ2) is 11.9. The highest BCUT2D eigenvalue weighted by molar-refractivity contribution is 6.10. The number of fused-ring (bicyclic) bond motifs is 1. The zero-order chi connectivity index (χ0) is 32.2. The van der Waals surface area contributed by atoms with Crippen LogP contribution >= 0.6 is 0 Å². The molecule has 0 unspecified atom stereocenters. The molecule has 3 fully saturated rings. The number of carbonyl (C=O) groups is 1. The van der Waals surface area contributed by atoms with E-state index in [9.17, 15) is 18.0 Å². The van der Waals surface area contributed by atoms with E-state index in [1.54, 1.807) is 12.4 Å². The molecule has 3 saturated heterocycles. The van der Waals surface area contributed by atoms with Gasteiger partial charge in [-0.25, -0.2) is 4.98 Å². The van der Waals surface area contributed by atoms with Crippen molar-refractivity contribution in [3.63, 3.8) is 0 Å². The summed E-state index contributed by atoms with van der Waals surface area (Å²) in [7, 11) is 3.97. The van der Waals surface area contributed by atoms with Gasteiger partial charge in [0.2, 0.25) is 0 Å². The van der Waals surface area contributed by atoms with Crippen LogP contribution in [0.2, 0.25) is 0 Å². The van der Waals surface area contributed by atoms with Crippen molar-refractivity contribution < 1.29 is 22.7 Å². The molecule has 2 aromatic heterocycles. The van der Waals surface area contributed by atoms with Crippen molar-refractivity contribution in [2.24, 2.45) is 13.0 Å². The smallest absolute Gasteiger partial charge is 0.379 e. The van der Waals surface area contributed by atoms with Gasteiger partial charge in [-0.2, -0.15) is 13.2 Å². The van der Waals surface area contributed by atoms with E-state index in [0.29, 0.717) is 49.3 Å². The first kappa shape index (κ1) is 31.1. The van der Waals surface area contributed by atoms with Crippen molar-refractivity contribution in [3.05, 3.63) is 64.2 Å². The van der Waals surface area contributed by atoms with Crippen LogP contribution in [0.25, 0.3) is 0 Å². The fourth-order valence-corrected chi connectivity index (χ4v) is 7.32. The molecule has 0 saturated carbocycles. The maximum atomic E-state index is 14.5. The van der Waals surface area contributed by atoms with E-state index < -0.39 is 23.1 Å². The van der Waals surface area contributed by atoms with E-state index >= 15 is 0 Å². The van der Waals surface area contributed by atoms with E-state index in [0.717, 1.165) is 63.5 Å². The molecule has 0 bridgehead atoms. The highest BCUT2D eigenvalue weighted by Gasteiger charge is 2.45. The van der Waals surface area contributed by atoms with E-state index in [2.05, 4.69) is 44.9 Å². The number of piperazine rings is 1. The van der Waals surface area contributed by atoms with Gasteiger partial charge in [0.1, 0.15) is 23.8 Å². The van der Waals surface area contributed by atoms with Crippen LogP contribution in [-0.4, -0.2) is 95.0 Å². The lowest BCUT2D eigenvalue weighted by Gasteiger charge is -2.42. The van der Waals surface area contributed by atoms with Gasteiger partial charge in [-0.3, -0.25) is 14.6 Å². The second-order valence-electron chi connectivity index (χ2n) is 13.7. The van der Waals surface area contributed by atoms with Gasteiger partial charge in [-0.05, 0) is 73.3 Å². The number of ether oxygens (including phenoxy) is 1. The molecule has 1 aromatic carbocycles. The third-order valence-corrected chi connectivity index (χ3v) is 10.1. The van der Waals surface area contributed by atoms with Gasteiger partial charge < -0.3 is 19.1 Å². The molecule has 0 aliphatic carbocycles. The minimum atomic E-state index is -4.59. The number of aromatic nitrogens is 4. The Kier molecular flexibility index (Phi) is 8.05.